The summed E-state index contributed by atoms with van der Waals surface area (Å²) >= 11 is 0. The SMILES string of the molecule is C[C@]12CC3(CC[C@@H]1CC[C@@H]1[C@@H]2CC[C@]2(C)[C@@H](O)CC[C@@H]12)OCCO3. The second-order valence-corrected chi connectivity index (χ2v) is 10.1. The molecule has 1 saturated heterocycles. The maximum atomic E-state index is 10.6. The fourth-order valence-electron chi connectivity index (χ4n) is 8.06. The largest absolute Gasteiger partial charge is 0.393 e. The molecule has 0 amide bonds. The van der Waals surface area contributed by atoms with Crippen LogP contribution in [0.2, 0.25) is 0 Å². The van der Waals surface area contributed by atoms with E-state index in [-0.39, 0.29) is 17.3 Å². The average molecular weight is 335 g/mol. The van der Waals surface area contributed by atoms with Crippen molar-refractivity contribution in [2.75, 3.05) is 13.2 Å². The summed E-state index contributed by atoms with van der Waals surface area (Å²) in [7, 11) is 0. The van der Waals surface area contributed by atoms with Gasteiger partial charge in [-0.25, -0.2) is 0 Å². The van der Waals surface area contributed by atoms with Gasteiger partial charge in [0, 0.05) is 12.8 Å². The van der Waals surface area contributed by atoms with Gasteiger partial charge in [0.15, 0.2) is 5.79 Å². The van der Waals surface area contributed by atoms with Crippen LogP contribution in [0, 0.1) is 34.5 Å². The van der Waals surface area contributed by atoms with Crippen LogP contribution in [-0.4, -0.2) is 30.2 Å². The lowest BCUT2D eigenvalue weighted by atomic mass is 9.44. The molecule has 3 nitrogen and oxygen atoms in total. The van der Waals surface area contributed by atoms with Crippen molar-refractivity contribution in [2.24, 2.45) is 34.5 Å². The second kappa shape index (κ2) is 5.20. The number of hydrogen-bond donors (Lipinski definition) is 1. The standard InChI is InChI=1S/C21H34O3/c1-19-9-8-17-15(16(19)5-6-18(19)22)4-3-14-7-10-21(13-20(14,17)2)23-11-12-24-21/h14-18,22H,3-13H2,1-2H3/t14-,15-,16-,17-,18-,19-,20-/m0/s1. The van der Waals surface area contributed by atoms with Crippen LogP contribution in [0.1, 0.15) is 71.6 Å². The van der Waals surface area contributed by atoms with Crippen molar-refractivity contribution in [3.05, 3.63) is 0 Å². The molecule has 0 radical (unpaired) electrons. The van der Waals surface area contributed by atoms with Gasteiger partial charge < -0.3 is 14.6 Å². The topological polar surface area (TPSA) is 38.7 Å². The molecule has 1 spiro atoms. The van der Waals surface area contributed by atoms with E-state index in [1.165, 1.54) is 38.5 Å². The maximum Gasteiger partial charge on any atom is 0.169 e. The summed E-state index contributed by atoms with van der Waals surface area (Å²) in [5.74, 6) is 2.96. The van der Waals surface area contributed by atoms with Crippen LogP contribution in [-0.2, 0) is 9.47 Å². The van der Waals surface area contributed by atoms with E-state index in [9.17, 15) is 5.11 Å². The molecule has 1 heterocycles. The smallest absolute Gasteiger partial charge is 0.169 e. The third-order valence-electron chi connectivity index (χ3n) is 9.35. The Morgan fingerprint density at radius 3 is 2.33 bits per heavy atom. The molecule has 24 heavy (non-hydrogen) atoms. The summed E-state index contributed by atoms with van der Waals surface area (Å²) in [6.07, 6.45) is 11.0. The van der Waals surface area contributed by atoms with E-state index < -0.39 is 0 Å². The Kier molecular flexibility index (Phi) is 3.49. The fourth-order valence-corrected chi connectivity index (χ4v) is 8.06. The van der Waals surface area contributed by atoms with E-state index in [0.717, 1.165) is 56.1 Å². The van der Waals surface area contributed by atoms with E-state index in [2.05, 4.69) is 13.8 Å². The van der Waals surface area contributed by atoms with Gasteiger partial charge in [-0.3, -0.25) is 0 Å². The molecule has 5 rings (SSSR count). The van der Waals surface area contributed by atoms with Crippen molar-refractivity contribution in [1.29, 1.82) is 0 Å². The van der Waals surface area contributed by atoms with Crippen LogP contribution >= 0.6 is 0 Å². The molecule has 0 aromatic rings. The van der Waals surface area contributed by atoms with E-state index in [1.54, 1.807) is 0 Å². The lowest BCUT2D eigenvalue weighted by molar-refractivity contribution is -0.239. The Labute approximate surface area is 146 Å². The molecule has 7 atom stereocenters. The summed E-state index contributed by atoms with van der Waals surface area (Å²) in [6.45, 7) is 6.50. The summed E-state index contributed by atoms with van der Waals surface area (Å²) in [4.78, 5) is 0. The van der Waals surface area contributed by atoms with Gasteiger partial charge in [-0.2, -0.15) is 0 Å². The lowest BCUT2D eigenvalue weighted by Crippen LogP contribution is -2.57. The highest BCUT2D eigenvalue weighted by atomic mass is 16.7. The summed E-state index contributed by atoms with van der Waals surface area (Å²) < 4.78 is 12.3. The maximum absolute atomic E-state index is 10.6. The predicted octanol–water partition coefficient (Wildman–Crippen LogP) is 4.13. The first kappa shape index (κ1) is 16.1. The van der Waals surface area contributed by atoms with Crippen molar-refractivity contribution in [1.82, 2.24) is 0 Å². The molecule has 0 bridgehead atoms. The minimum absolute atomic E-state index is 0.0619. The molecule has 5 aliphatic rings. The first-order valence-electron chi connectivity index (χ1n) is 10.4. The minimum Gasteiger partial charge on any atom is -0.393 e. The summed E-state index contributed by atoms with van der Waals surface area (Å²) in [5.41, 5.74) is 0.567. The number of hydrogen-bond acceptors (Lipinski definition) is 3. The zero-order valence-corrected chi connectivity index (χ0v) is 15.4. The molecule has 3 heteroatoms. The first-order valence-corrected chi connectivity index (χ1v) is 10.4. The van der Waals surface area contributed by atoms with E-state index >= 15 is 0 Å². The highest BCUT2D eigenvalue weighted by molar-refractivity contribution is 5.10. The molecule has 0 aromatic carbocycles. The van der Waals surface area contributed by atoms with Crippen molar-refractivity contribution in [3.63, 3.8) is 0 Å². The van der Waals surface area contributed by atoms with Crippen LogP contribution in [0.5, 0.6) is 0 Å². The highest BCUT2D eigenvalue weighted by Crippen LogP contribution is 2.67. The Hall–Kier alpha value is -0.120. The molecule has 4 aliphatic carbocycles. The normalized spacial score (nSPS) is 55.9. The van der Waals surface area contributed by atoms with Gasteiger partial charge in [0.25, 0.3) is 0 Å². The molecule has 0 aromatic heterocycles. The van der Waals surface area contributed by atoms with E-state index in [1.807, 2.05) is 0 Å². The third-order valence-corrected chi connectivity index (χ3v) is 9.35. The van der Waals surface area contributed by atoms with E-state index in [4.69, 9.17) is 9.47 Å². The van der Waals surface area contributed by atoms with Crippen molar-refractivity contribution in [2.45, 2.75) is 83.5 Å². The van der Waals surface area contributed by atoms with Gasteiger partial charge in [-0.1, -0.05) is 13.8 Å². The second-order valence-electron chi connectivity index (χ2n) is 10.1. The number of rotatable bonds is 0. The summed E-state index contributed by atoms with van der Waals surface area (Å²) in [6, 6.07) is 0. The number of fused-ring (bicyclic) bond motifs is 5. The van der Waals surface area contributed by atoms with Gasteiger partial charge in [0.05, 0.1) is 19.3 Å². The Morgan fingerprint density at radius 1 is 0.792 bits per heavy atom. The molecular weight excluding hydrogens is 300 g/mol. The molecule has 1 N–H and O–H groups in total. The number of aliphatic hydroxyl groups excluding tert-OH is 1. The molecule has 136 valence electrons. The Bertz CT molecular complexity index is 513. The number of ether oxygens (including phenoxy) is 2. The van der Waals surface area contributed by atoms with E-state index in [0.29, 0.717) is 5.41 Å². The third kappa shape index (κ3) is 2.01. The first-order chi connectivity index (χ1) is 11.5. The zero-order chi connectivity index (χ0) is 16.6. The molecule has 0 unspecified atom stereocenters. The van der Waals surface area contributed by atoms with Crippen LogP contribution in [0.25, 0.3) is 0 Å². The average Bonchev–Trinajstić information content (AvgIpc) is 3.12. The van der Waals surface area contributed by atoms with Gasteiger partial charge in [-0.05, 0) is 79.4 Å². The van der Waals surface area contributed by atoms with Crippen LogP contribution in [0.4, 0.5) is 0 Å². The fraction of sp³-hybridized carbons (Fsp3) is 1.00. The predicted molar refractivity (Wildman–Crippen MR) is 92.4 cm³/mol. The Balaban J connectivity index is 1.46. The summed E-state index contributed by atoms with van der Waals surface area (Å²) in [5, 5.41) is 10.6. The molecule has 4 saturated carbocycles. The van der Waals surface area contributed by atoms with Crippen LogP contribution in [0.15, 0.2) is 0 Å². The Morgan fingerprint density at radius 2 is 1.54 bits per heavy atom. The van der Waals surface area contributed by atoms with Crippen molar-refractivity contribution >= 4 is 0 Å². The minimum atomic E-state index is -0.261. The zero-order valence-electron chi connectivity index (χ0n) is 15.4. The van der Waals surface area contributed by atoms with Gasteiger partial charge in [-0.15, -0.1) is 0 Å². The van der Waals surface area contributed by atoms with Crippen LogP contribution in [0.3, 0.4) is 0 Å². The van der Waals surface area contributed by atoms with Crippen molar-refractivity contribution in [3.8, 4) is 0 Å². The monoisotopic (exact) mass is 334 g/mol. The number of aliphatic hydroxyl groups is 1. The molecule has 1 aliphatic heterocycles. The van der Waals surface area contributed by atoms with Gasteiger partial charge >= 0.3 is 0 Å². The molecular formula is C21H34O3. The highest BCUT2D eigenvalue weighted by Gasteiger charge is 2.62. The lowest BCUT2D eigenvalue weighted by Gasteiger charge is -2.62. The van der Waals surface area contributed by atoms with Gasteiger partial charge in [0.1, 0.15) is 0 Å². The van der Waals surface area contributed by atoms with Crippen LogP contribution < -0.4 is 0 Å². The quantitative estimate of drug-likeness (QED) is 0.724. The van der Waals surface area contributed by atoms with Gasteiger partial charge in [0.2, 0.25) is 0 Å². The molecule has 5 fully saturated rings. The van der Waals surface area contributed by atoms with Crippen molar-refractivity contribution < 1.29 is 14.6 Å².